The van der Waals surface area contributed by atoms with Crippen molar-refractivity contribution in [3.8, 4) is 0 Å². The summed E-state index contributed by atoms with van der Waals surface area (Å²) in [5.41, 5.74) is -0.359. The van der Waals surface area contributed by atoms with Crippen molar-refractivity contribution in [2.24, 2.45) is 0 Å². The normalized spacial score (nSPS) is 13.5. The van der Waals surface area contributed by atoms with Gasteiger partial charge in [-0.15, -0.1) is 11.8 Å². The van der Waals surface area contributed by atoms with Crippen molar-refractivity contribution in [3.05, 3.63) is 34.9 Å². The van der Waals surface area contributed by atoms with Gasteiger partial charge in [-0.2, -0.15) is 0 Å². The monoisotopic (exact) mass is 331 g/mol. The molecule has 1 rings (SSSR count). The number of halogens is 1. The molecule has 1 aromatic carbocycles. The summed E-state index contributed by atoms with van der Waals surface area (Å²) in [6.07, 6.45) is 0. The van der Waals surface area contributed by atoms with Gasteiger partial charge < -0.3 is 15.2 Å². The number of carbonyl (C=O) groups excluding carboxylic acids is 1. The molecule has 0 saturated carbocycles. The van der Waals surface area contributed by atoms with Crippen LogP contribution in [0.2, 0.25) is 5.02 Å². The van der Waals surface area contributed by atoms with Crippen molar-refractivity contribution in [1.82, 2.24) is 5.32 Å². The number of amides is 1. The maximum absolute atomic E-state index is 11.8. The Kier molecular flexibility index (Phi) is 7.01. The molecule has 116 valence electrons. The van der Waals surface area contributed by atoms with Gasteiger partial charge in [0.25, 0.3) is 0 Å². The highest BCUT2D eigenvalue weighted by Gasteiger charge is 2.34. The van der Waals surface area contributed by atoms with Crippen LogP contribution in [0.4, 0.5) is 0 Å². The van der Waals surface area contributed by atoms with Gasteiger partial charge in [-0.25, -0.2) is 4.79 Å². The van der Waals surface area contributed by atoms with Crippen LogP contribution >= 0.6 is 23.4 Å². The number of thioether (sulfide) groups is 1. The third kappa shape index (κ3) is 5.95. The van der Waals surface area contributed by atoms with Crippen molar-refractivity contribution in [1.29, 1.82) is 0 Å². The van der Waals surface area contributed by atoms with Crippen LogP contribution in [0, 0.1) is 0 Å². The molecule has 0 bridgehead atoms. The standard InChI is InChI=1S/C14H18ClNO4S/c1-14(9-20-2,13(18)19)16-12(17)8-21-7-10-3-5-11(15)6-4-10/h3-6H,7-9H2,1-2H3,(H,16,17)(H,18,19). The number of aliphatic carboxylic acids is 1. The molecule has 0 aliphatic heterocycles. The van der Waals surface area contributed by atoms with E-state index in [1.807, 2.05) is 12.1 Å². The van der Waals surface area contributed by atoms with Gasteiger partial charge in [0.05, 0.1) is 12.4 Å². The third-order valence-corrected chi connectivity index (χ3v) is 3.99. The van der Waals surface area contributed by atoms with E-state index < -0.39 is 11.5 Å². The van der Waals surface area contributed by atoms with Crippen molar-refractivity contribution in [2.75, 3.05) is 19.5 Å². The first kappa shape index (κ1) is 17.8. The Labute approximate surface area is 133 Å². The summed E-state index contributed by atoms with van der Waals surface area (Å²) >= 11 is 7.19. The fourth-order valence-corrected chi connectivity index (χ4v) is 2.54. The van der Waals surface area contributed by atoms with E-state index in [0.717, 1.165) is 5.56 Å². The van der Waals surface area contributed by atoms with E-state index >= 15 is 0 Å². The predicted molar refractivity (Wildman–Crippen MR) is 83.7 cm³/mol. The number of methoxy groups -OCH3 is 1. The van der Waals surface area contributed by atoms with E-state index in [1.165, 1.54) is 25.8 Å². The lowest BCUT2D eigenvalue weighted by Crippen LogP contribution is -2.55. The number of carboxylic acids is 1. The molecule has 1 amide bonds. The number of nitrogens with one attached hydrogen (secondary N) is 1. The van der Waals surface area contributed by atoms with Gasteiger partial charge in [-0.3, -0.25) is 4.79 Å². The van der Waals surface area contributed by atoms with Crippen LogP contribution in [-0.2, 0) is 20.1 Å². The molecule has 1 aromatic rings. The highest BCUT2D eigenvalue weighted by molar-refractivity contribution is 7.99. The second-order valence-corrected chi connectivity index (χ2v) is 6.16. The highest BCUT2D eigenvalue weighted by atomic mass is 35.5. The van der Waals surface area contributed by atoms with Crippen LogP contribution < -0.4 is 5.32 Å². The molecule has 0 aliphatic rings. The fraction of sp³-hybridized carbons (Fsp3) is 0.429. The molecule has 21 heavy (non-hydrogen) atoms. The van der Waals surface area contributed by atoms with Crippen molar-refractivity contribution in [3.63, 3.8) is 0 Å². The molecular weight excluding hydrogens is 314 g/mol. The van der Waals surface area contributed by atoms with Crippen molar-refractivity contribution < 1.29 is 19.4 Å². The van der Waals surface area contributed by atoms with Gasteiger partial charge in [0, 0.05) is 17.9 Å². The Morgan fingerprint density at radius 2 is 2.00 bits per heavy atom. The highest BCUT2D eigenvalue weighted by Crippen LogP contribution is 2.15. The lowest BCUT2D eigenvalue weighted by Gasteiger charge is -2.25. The van der Waals surface area contributed by atoms with Crippen LogP contribution in [0.5, 0.6) is 0 Å². The zero-order valence-electron chi connectivity index (χ0n) is 11.9. The molecule has 0 aromatic heterocycles. The zero-order chi connectivity index (χ0) is 15.9. The van der Waals surface area contributed by atoms with Crippen LogP contribution in [0.15, 0.2) is 24.3 Å². The van der Waals surface area contributed by atoms with Gasteiger partial charge in [0.2, 0.25) is 5.91 Å². The first-order chi connectivity index (χ1) is 9.87. The van der Waals surface area contributed by atoms with Gasteiger partial charge in [0.1, 0.15) is 0 Å². The lowest BCUT2D eigenvalue weighted by atomic mass is 10.0. The molecule has 0 heterocycles. The molecule has 0 fully saturated rings. The summed E-state index contributed by atoms with van der Waals surface area (Å²) in [7, 11) is 1.39. The van der Waals surface area contributed by atoms with Crippen LogP contribution in [0.25, 0.3) is 0 Å². The van der Waals surface area contributed by atoms with E-state index in [9.17, 15) is 9.59 Å². The Morgan fingerprint density at radius 1 is 1.38 bits per heavy atom. The zero-order valence-corrected chi connectivity index (χ0v) is 13.5. The number of benzene rings is 1. The largest absolute Gasteiger partial charge is 0.479 e. The van der Waals surface area contributed by atoms with Crippen LogP contribution in [0.1, 0.15) is 12.5 Å². The minimum Gasteiger partial charge on any atom is -0.479 e. The number of rotatable bonds is 8. The smallest absolute Gasteiger partial charge is 0.331 e. The maximum atomic E-state index is 11.8. The third-order valence-electron chi connectivity index (χ3n) is 2.74. The molecule has 0 aliphatic carbocycles. The summed E-state index contributed by atoms with van der Waals surface area (Å²) in [4.78, 5) is 23.0. The lowest BCUT2D eigenvalue weighted by molar-refractivity contribution is -0.148. The van der Waals surface area contributed by atoms with Gasteiger partial charge in [-0.05, 0) is 24.6 Å². The quantitative estimate of drug-likeness (QED) is 0.763. The number of carbonyl (C=O) groups is 2. The Balaban J connectivity index is 2.43. The SMILES string of the molecule is COCC(C)(NC(=O)CSCc1ccc(Cl)cc1)C(=O)O. The van der Waals surface area contributed by atoms with Gasteiger partial charge in [0.15, 0.2) is 5.54 Å². The van der Waals surface area contributed by atoms with Crippen LogP contribution in [0.3, 0.4) is 0 Å². The summed E-state index contributed by atoms with van der Waals surface area (Å²) < 4.78 is 4.84. The molecule has 1 atom stereocenters. The van der Waals surface area contributed by atoms with Crippen molar-refractivity contribution in [2.45, 2.75) is 18.2 Å². The molecule has 1 unspecified atom stereocenters. The number of hydrogen-bond acceptors (Lipinski definition) is 4. The first-order valence-electron chi connectivity index (χ1n) is 6.23. The van der Waals surface area contributed by atoms with Crippen LogP contribution in [-0.4, -0.2) is 42.0 Å². The average Bonchev–Trinajstić information content (AvgIpc) is 2.41. The minimum atomic E-state index is -1.41. The molecule has 0 spiro atoms. The van der Waals surface area contributed by atoms with E-state index in [0.29, 0.717) is 10.8 Å². The summed E-state index contributed by atoms with van der Waals surface area (Å²) in [6.45, 7) is 1.33. The summed E-state index contributed by atoms with van der Waals surface area (Å²) in [5, 5.41) is 12.3. The van der Waals surface area contributed by atoms with E-state index in [2.05, 4.69) is 5.32 Å². The Bertz CT molecular complexity index is 494. The minimum absolute atomic E-state index is 0.0874. The van der Waals surface area contributed by atoms with Crippen molar-refractivity contribution >= 4 is 35.2 Å². The van der Waals surface area contributed by atoms with E-state index in [-0.39, 0.29) is 18.3 Å². The molecule has 5 nitrogen and oxygen atoms in total. The Morgan fingerprint density at radius 3 is 2.52 bits per heavy atom. The summed E-state index contributed by atoms with van der Waals surface area (Å²) in [5.74, 6) is -0.635. The predicted octanol–water partition coefficient (Wildman–Crippen LogP) is 2.18. The number of ether oxygens (including phenoxy) is 1. The molecule has 7 heteroatoms. The molecular formula is C14H18ClNO4S. The first-order valence-corrected chi connectivity index (χ1v) is 7.76. The topological polar surface area (TPSA) is 75.6 Å². The van der Waals surface area contributed by atoms with E-state index in [4.69, 9.17) is 21.4 Å². The number of carboxylic acid groups (broad SMARTS) is 1. The van der Waals surface area contributed by atoms with Gasteiger partial charge in [-0.1, -0.05) is 23.7 Å². The molecule has 0 saturated heterocycles. The maximum Gasteiger partial charge on any atom is 0.331 e. The molecule has 0 radical (unpaired) electrons. The van der Waals surface area contributed by atoms with Gasteiger partial charge >= 0.3 is 5.97 Å². The summed E-state index contributed by atoms with van der Waals surface area (Å²) in [6, 6.07) is 7.36. The fourth-order valence-electron chi connectivity index (χ4n) is 1.63. The second kappa shape index (κ2) is 8.26. The molecule has 2 N–H and O–H groups in total. The number of hydrogen-bond donors (Lipinski definition) is 2. The second-order valence-electron chi connectivity index (χ2n) is 4.74. The Hall–Kier alpha value is -1.24. The average molecular weight is 332 g/mol. The van der Waals surface area contributed by atoms with E-state index in [1.54, 1.807) is 12.1 Å².